The van der Waals surface area contributed by atoms with Crippen molar-refractivity contribution in [2.75, 3.05) is 0 Å². The Labute approximate surface area is 147 Å². The Morgan fingerprint density at radius 1 is 0.880 bits per heavy atom. The van der Waals surface area contributed by atoms with Crippen LogP contribution in [0.2, 0.25) is 0 Å². The number of carbonyl (C=O) groups excluding carboxylic acids is 1. The van der Waals surface area contributed by atoms with Crippen LogP contribution in [0, 0.1) is 6.92 Å². The first-order valence-corrected chi connectivity index (χ1v) is 8.15. The van der Waals surface area contributed by atoms with Gasteiger partial charge in [-0.05, 0) is 64.1 Å². The lowest BCUT2D eigenvalue weighted by Gasteiger charge is -2.20. The number of rotatable bonds is 3. The van der Waals surface area contributed by atoms with Crippen molar-refractivity contribution < 1.29 is 9.21 Å². The highest BCUT2D eigenvalue weighted by molar-refractivity contribution is 5.95. The van der Waals surface area contributed by atoms with Gasteiger partial charge in [-0.1, -0.05) is 17.7 Å². The number of nitrogens with one attached hydrogen (secondary N) is 1. The number of amides is 1. The molecule has 0 aliphatic heterocycles. The van der Waals surface area contributed by atoms with E-state index in [1.807, 2.05) is 64.1 Å². The van der Waals surface area contributed by atoms with Crippen molar-refractivity contribution in [2.24, 2.45) is 0 Å². The molecule has 5 nitrogen and oxygen atoms in total. The molecule has 5 heteroatoms. The van der Waals surface area contributed by atoms with Gasteiger partial charge in [0.15, 0.2) is 0 Å². The molecule has 0 bridgehead atoms. The van der Waals surface area contributed by atoms with Crippen molar-refractivity contribution in [1.82, 2.24) is 15.5 Å². The quantitative estimate of drug-likeness (QED) is 0.777. The molecule has 0 spiro atoms. The van der Waals surface area contributed by atoms with Crippen molar-refractivity contribution in [1.29, 1.82) is 0 Å². The molecule has 3 rings (SSSR count). The normalized spacial score (nSPS) is 11.4. The van der Waals surface area contributed by atoms with Crippen molar-refractivity contribution in [2.45, 2.75) is 33.2 Å². The van der Waals surface area contributed by atoms with E-state index in [0.29, 0.717) is 17.3 Å². The standard InChI is InChI=1S/C20H21N3O2/c1-13-5-7-15(8-6-13)18-22-23-19(25-18)16-11-9-14(10-12-16)17(24)21-20(2,3)4/h5-12H,1-4H3,(H,21,24). The molecule has 25 heavy (non-hydrogen) atoms. The van der Waals surface area contributed by atoms with Gasteiger partial charge in [-0.15, -0.1) is 10.2 Å². The number of aromatic nitrogens is 2. The van der Waals surface area contributed by atoms with E-state index < -0.39 is 0 Å². The SMILES string of the molecule is Cc1ccc(-c2nnc(-c3ccc(C(=O)NC(C)(C)C)cc3)o2)cc1. The molecule has 0 atom stereocenters. The molecule has 0 aliphatic carbocycles. The molecule has 0 saturated carbocycles. The lowest BCUT2D eigenvalue weighted by Crippen LogP contribution is -2.40. The summed E-state index contributed by atoms with van der Waals surface area (Å²) < 4.78 is 5.75. The Hall–Kier alpha value is -2.95. The Morgan fingerprint density at radius 3 is 1.84 bits per heavy atom. The highest BCUT2D eigenvalue weighted by atomic mass is 16.4. The molecule has 128 valence electrons. The van der Waals surface area contributed by atoms with Crippen molar-refractivity contribution in [3.05, 3.63) is 59.7 Å². The Kier molecular flexibility index (Phi) is 4.40. The van der Waals surface area contributed by atoms with Crippen LogP contribution in [0.5, 0.6) is 0 Å². The predicted octanol–water partition coefficient (Wildman–Crippen LogP) is 4.24. The summed E-state index contributed by atoms with van der Waals surface area (Å²) in [6, 6.07) is 15.0. The van der Waals surface area contributed by atoms with E-state index in [-0.39, 0.29) is 11.4 Å². The molecular formula is C20H21N3O2. The fourth-order valence-corrected chi connectivity index (χ4v) is 2.33. The number of benzene rings is 2. The third-order valence-electron chi connectivity index (χ3n) is 3.61. The second kappa shape index (κ2) is 6.51. The number of nitrogens with zero attached hydrogens (tertiary/aromatic N) is 2. The van der Waals surface area contributed by atoms with Crippen LogP contribution in [0.3, 0.4) is 0 Å². The van der Waals surface area contributed by atoms with Crippen LogP contribution in [-0.4, -0.2) is 21.6 Å². The van der Waals surface area contributed by atoms with E-state index in [1.165, 1.54) is 5.56 Å². The molecule has 0 fully saturated rings. The Morgan fingerprint density at radius 2 is 1.36 bits per heavy atom. The lowest BCUT2D eigenvalue weighted by molar-refractivity contribution is 0.0919. The lowest BCUT2D eigenvalue weighted by atomic mass is 10.1. The predicted molar refractivity (Wildman–Crippen MR) is 97.1 cm³/mol. The largest absolute Gasteiger partial charge is 0.416 e. The van der Waals surface area contributed by atoms with Gasteiger partial charge >= 0.3 is 0 Å². The fraction of sp³-hybridized carbons (Fsp3) is 0.250. The first-order chi connectivity index (χ1) is 11.8. The molecule has 0 aliphatic rings. The van der Waals surface area contributed by atoms with Crippen molar-refractivity contribution in [3.63, 3.8) is 0 Å². The average Bonchev–Trinajstić information content (AvgIpc) is 3.04. The zero-order chi connectivity index (χ0) is 18.0. The van der Waals surface area contributed by atoms with Crippen LogP contribution in [-0.2, 0) is 0 Å². The fourth-order valence-electron chi connectivity index (χ4n) is 2.33. The Bertz CT molecular complexity index is 873. The molecular weight excluding hydrogens is 314 g/mol. The highest BCUT2D eigenvalue weighted by Crippen LogP contribution is 2.24. The summed E-state index contributed by atoms with van der Waals surface area (Å²) in [6.07, 6.45) is 0. The summed E-state index contributed by atoms with van der Waals surface area (Å²) in [6.45, 7) is 7.87. The van der Waals surface area contributed by atoms with Crippen LogP contribution < -0.4 is 5.32 Å². The smallest absolute Gasteiger partial charge is 0.251 e. The van der Waals surface area contributed by atoms with Crippen molar-refractivity contribution >= 4 is 5.91 Å². The molecule has 0 saturated heterocycles. The summed E-state index contributed by atoms with van der Waals surface area (Å²) in [4.78, 5) is 12.2. The van der Waals surface area contributed by atoms with E-state index in [4.69, 9.17) is 4.42 Å². The first kappa shape index (κ1) is 16.9. The second-order valence-electron chi connectivity index (χ2n) is 7.06. The molecule has 2 aromatic carbocycles. The van der Waals surface area contributed by atoms with E-state index in [9.17, 15) is 4.79 Å². The van der Waals surface area contributed by atoms with Gasteiger partial charge in [0.25, 0.3) is 5.91 Å². The monoisotopic (exact) mass is 335 g/mol. The summed E-state index contributed by atoms with van der Waals surface area (Å²) in [5.41, 5.74) is 3.15. The zero-order valence-electron chi connectivity index (χ0n) is 14.8. The maximum Gasteiger partial charge on any atom is 0.251 e. The van der Waals surface area contributed by atoms with Gasteiger partial charge in [-0.25, -0.2) is 0 Å². The maximum atomic E-state index is 12.2. The third-order valence-corrected chi connectivity index (χ3v) is 3.61. The highest BCUT2D eigenvalue weighted by Gasteiger charge is 2.16. The van der Waals surface area contributed by atoms with E-state index in [1.54, 1.807) is 12.1 Å². The van der Waals surface area contributed by atoms with E-state index in [0.717, 1.165) is 11.1 Å². The number of carbonyl (C=O) groups is 1. The minimum absolute atomic E-state index is 0.107. The molecule has 1 amide bonds. The van der Waals surface area contributed by atoms with Crippen molar-refractivity contribution in [3.8, 4) is 22.9 Å². The molecule has 0 radical (unpaired) electrons. The number of hydrogen-bond acceptors (Lipinski definition) is 4. The number of aryl methyl sites for hydroxylation is 1. The summed E-state index contributed by atoms with van der Waals surface area (Å²) in [5.74, 6) is 0.799. The molecule has 1 N–H and O–H groups in total. The molecule has 3 aromatic rings. The van der Waals surface area contributed by atoms with Gasteiger partial charge in [-0.2, -0.15) is 0 Å². The second-order valence-corrected chi connectivity index (χ2v) is 7.06. The third kappa shape index (κ3) is 4.12. The van der Waals surface area contributed by atoms with Crippen LogP contribution in [0.15, 0.2) is 52.9 Å². The summed E-state index contributed by atoms with van der Waals surface area (Å²) in [5, 5.41) is 11.1. The molecule has 1 heterocycles. The van der Waals surface area contributed by atoms with Gasteiger partial charge < -0.3 is 9.73 Å². The van der Waals surface area contributed by atoms with Crippen LogP contribution in [0.25, 0.3) is 22.9 Å². The maximum absolute atomic E-state index is 12.2. The van der Waals surface area contributed by atoms with Crippen LogP contribution in [0.1, 0.15) is 36.7 Å². The minimum atomic E-state index is -0.273. The Balaban J connectivity index is 1.79. The summed E-state index contributed by atoms with van der Waals surface area (Å²) >= 11 is 0. The van der Waals surface area contributed by atoms with Gasteiger partial charge in [0, 0.05) is 22.2 Å². The molecule has 0 unspecified atom stereocenters. The van der Waals surface area contributed by atoms with Gasteiger partial charge in [0.2, 0.25) is 11.8 Å². The van der Waals surface area contributed by atoms with E-state index in [2.05, 4.69) is 15.5 Å². The first-order valence-electron chi connectivity index (χ1n) is 8.15. The molecule has 1 aromatic heterocycles. The number of hydrogen-bond donors (Lipinski definition) is 1. The van der Waals surface area contributed by atoms with E-state index >= 15 is 0 Å². The van der Waals surface area contributed by atoms with Gasteiger partial charge in [0.05, 0.1) is 0 Å². The zero-order valence-corrected chi connectivity index (χ0v) is 14.8. The topological polar surface area (TPSA) is 68.0 Å². The van der Waals surface area contributed by atoms with Crippen LogP contribution >= 0.6 is 0 Å². The summed E-state index contributed by atoms with van der Waals surface area (Å²) in [7, 11) is 0. The van der Waals surface area contributed by atoms with Crippen LogP contribution in [0.4, 0.5) is 0 Å². The van der Waals surface area contributed by atoms with Gasteiger partial charge in [0.1, 0.15) is 0 Å². The minimum Gasteiger partial charge on any atom is -0.416 e. The van der Waals surface area contributed by atoms with Gasteiger partial charge in [-0.3, -0.25) is 4.79 Å². The average molecular weight is 335 g/mol.